The number of carbonyl (C=O) groups excluding carboxylic acids is 2. The van der Waals surface area contributed by atoms with Gasteiger partial charge in [-0.25, -0.2) is 0 Å². The summed E-state index contributed by atoms with van der Waals surface area (Å²) in [5.41, 5.74) is 1.36. The van der Waals surface area contributed by atoms with Gasteiger partial charge in [0.1, 0.15) is 17.4 Å². The van der Waals surface area contributed by atoms with Crippen LogP contribution in [0.4, 0.5) is 5.69 Å². The average Bonchev–Trinajstić information content (AvgIpc) is 3.39. The van der Waals surface area contributed by atoms with Gasteiger partial charge < -0.3 is 24.9 Å². The molecule has 10 heteroatoms. The van der Waals surface area contributed by atoms with Gasteiger partial charge in [-0.3, -0.25) is 19.7 Å². The van der Waals surface area contributed by atoms with Crippen molar-refractivity contribution in [1.82, 2.24) is 15.1 Å². The Hall–Kier alpha value is -3.56. The largest absolute Gasteiger partial charge is 0.461 e. The molecule has 1 aromatic heterocycles. The third kappa shape index (κ3) is 5.63. The van der Waals surface area contributed by atoms with Crippen LogP contribution in [-0.2, 0) is 9.59 Å². The number of anilines is 1. The zero-order valence-corrected chi connectivity index (χ0v) is 18.7. The highest BCUT2D eigenvalue weighted by atomic mass is 16.6. The molecule has 176 valence electrons. The van der Waals surface area contributed by atoms with E-state index in [4.69, 9.17) is 4.42 Å². The average molecular weight is 456 g/mol. The van der Waals surface area contributed by atoms with Gasteiger partial charge in [0.15, 0.2) is 5.82 Å². The Kier molecular flexibility index (Phi) is 6.81. The number of hydrogen-bond acceptors (Lipinski definition) is 7. The minimum atomic E-state index is -0.655. The summed E-state index contributed by atoms with van der Waals surface area (Å²) in [7, 11) is 0. The van der Waals surface area contributed by atoms with E-state index in [-0.39, 0.29) is 24.2 Å². The number of nitrogens with one attached hydrogen (secondary N) is 2. The fourth-order valence-corrected chi connectivity index (χ4v) is 4.43. The number of rotatable bonds is 7. The smallest absolute Gasteiger partial charge is 0.274 e. The second-order valence-corrected chi connectivity index (χ2v) is 8.60. The molecule has 0 aliphatic carbocycles. The Morgan fingerprint density at radius 2 is 1.97 bits per heavy atom. The van der Waals surface area contributed by atoms with Crippen LogP contribution in [0.3, 0.4) is 0 Å². The van der Waals surface area contributed by atoms with Crippen LogP contribution in [0.1, 0.15) is 37.9 Å². The second kappa shape index (κ2) is 9.93. The Morgan fingerprint density at radius 1 is 1.21 bits per heavy atom. The predicted octanol–water partition coefficient (Wildman–Crippen LogP) is 2.82. The molecule has 10 nitrogen and oxygen atoms in total. The molecule has 1 aromatic carbocycles. The summed E-state index contributed by atoms with van der Waals surface area (Å²) < 4.78 is 5.57. The van der Waals surface area contributed by atoms with Gasteiger partial charge in [-0.15, -0.1) is 0 Å². The van der Waals surface area contributed by atoms with Crippen LogP contribution in [-0.4, -0.2) is 58.8 Å². The van der Waals surface area contributed by atoms with Gasteiger partial charge in [-0.1, -0.05) is 0 Å². The van der Waals surface area contributed by atoms with Gasteiger partial charge in [-0.05, 0) is 63.3 Å². The van der Waals surface area contributed by atoms with Crippen LogP contribution in [0.25, 0.3) is 11.0 Å². The SMILES string of the molecule is Cc1cc2cc(N/C(=C\[N+](=O)[O-])N[C@H]3CCCCN(CC(=O)N4CCCC4)C3=O)ccc2o1. The zero-order chi connectivity index (χ0) is 23.4. The molecule has 2 aromatic rings. The van der Waals surface area contributed by atoms with E-state index in [0.717, 1.165) is 61.7 Å². The van der Waals surface area contributed by atoms with Crippen LogP contribution in [0.15, 0.2) is 40.7 Å². The van der Waals surface area contributed by atoms with E-state index in [1.165, 1.54) is 0 Å². The Balaban J connectivity index is 1.47. The minimum Gasteiger partial charge on any atom is -0.461 e. The molecule has 2 aliphatic heterocycles. The van der Waals surface area contributed by atoms with Gasteiger partial charge >= 0.3 is 0 Å². The monoisotopic (exact) mass is 455 g/mol. The lowest BCUT2D eigenvalue weighted by Gasteiger charge is -2.27. The number of furan rings is 1. The first-order chi connectivity index (χ1) is 15.9. The van der Waals surface area contributed by atoms with Gasteiger partial charge in [0.25, 0.3) is 6.20 Å². The van der Waals surface area contributed by atoms with E-state index in [9.17, 15) is 19.7 Å². The lowest BCUT2D eigenvalue weighted by molar-refractivity contribution is -0.403. The number of benzene rings is 1. The highest BCUT2D eigenvalue weighted by molar-refractivity contribution is 5.88. The van der Waals surface area contributed by atoms with Crippen molar-refractivity contribution >= 4 is 28.5 Å². The minimum absolute atomic E-state index is 0.0376. The summed E-state index contributed by atoms with van der Waals surface area (Å²) in [5, 5.41) is 18.2. The summed E-state index contributed by atoms with van der Waals surface area (Å²) in [6, 6.07) is 6.61. The number of likely N-dealkylation sites (tertiary alicyclic amines) is 2. The lowest BCUT2D eigenvalue weighted by Crippen LogP contribution is -2.49. The van der Waals surface area contributed by atoms with Crippen LogP contribution < -0.4 is 10.6 Å². The Bertz CT molecular complexity index is 1070. The first kappa shape index (κ1) is 22.6. The number of aryl methyl sites for hydroxylation is 1. The predicted molar refractivity (Wildman–Crippen MR) is 123 cm³/mol. The van der Waals surface area contributed by atoms with E-state index >= 15 is 0 Å². The van der Waals surface area contributed by atoms with Crippen molar-refractivity contribution in [3.8, 4) is 0 Å². The van der Waals surface area contributed by atoms with E-state index < -0.39 is 11.0 Å². The summed E-state index contributed by atoms with van der Waals surface area (Å²) >= 11 is 0. The van der Waals surface area contributed by atoms with E-state index in [1.807, 2.05) is 19.1 Å². The second-order valence-electron chi connectivity index (χ2n) is 8.60. The first-order valence-corrected chi connectivity index (χ1v) is 11.3. The normalized spacial score (nSPS) is 19.6. The fourth-order valence-electron chi connectivity index (χ4n) is 4.43. The molecule has 2 saturated heterocycles. The third-order valence-electron chi connectivity index (χ3n) is 6.05. The molecule has 0 bridgehead atoms. The first-order valence-electron chi connectivity index (χ1n) is 11.3. The highest BCUT2D eigenvalue weighted by Crippen LogP contribution is 2.23. The molecule has 0 radical (unpaired) electrons. The van der Waals surface area contributed by atoms with Crippen LogP contribution in [0, 0.1) is 17.0 Å². The maximum atomic E-state index is 13.2. The lowest BCUT2D eigenvalue weighted by atomic mass is 10.1. The summed E-state index contributed by atoms with van der Waals surface area (Å²) in [5.74, 6) is 0.640. The molecule has 2 N–H and O–H groups in total. The van der Waals surface area contributed by atoms with Gasteiger partial charge in [0, 0.05) is 30.7 Å². The molecule has 1 atom stereocenters. The van der Waals surface area contributed by atoms with Crippen LogP contribution in [0.5, 0.6) is 0 Å². The molecule has 0 spiro atoms. The molecule has 4 rings (SSSR count). The standard InChI is InChI=1S/C23H29N5O5/c1-16-12-17-13-18(7-8-20(17)33-16)24-21(14-28(31)32)25-19-6-2-3-11-27(23(19)30)15-22(29)26-9-4-5-10-26/h7-8,12-14,19,24-25H,2-6,9-11,15H2,1H3/b21-14+/t19-/m0/s1. The Labute approximate surface area is 191 Å². The zero-order valence-electron chi connectivity index (χ0n) is 18.7. The van der Waals surface area contributed by atoms with E-state index in [2.05, 4.69) is 10.6 Å². The number of nitro groups is 1. The molecular formula is C23H29N5O5. The molecule has 0 unspecified atom stereocenters. The maximum Gasteiger partial charge on any atom is 0.274 e. The van der Waals surface area contributed by atoms with Crippen LogP contribution >= 0.6 is 0 Å². The number of amides is 2. The van der Waals surface area contributed by atoms with Crippen molar-refractivity contribution in [2.75, 3.05) is 31.5 Å². The van der Waals surface area contributed by atoms with Gasteiger partial charge in [0.2, 0.25) is 11.8 Å². The number of hydrogen-bond donors (Lipinski definition) is 2. The summed E-state index contributed by atoms with van der Waals surface area (Å²) in [4.78, 5) is 39.9. The quantitative estimate of drug-likeness (QED) is 0.486. The topological polar surface area (TPSA) is 121 Å². The van der Waals surface area contributed by atoms with Crippen molar-refractivity contribution < 1.29 is 18.9 Å². The van der Waals surface area contributed by atoms with Crippen molar-refractivity contribution in [3.63, 3.8) is 0 Å². The van der Waals surface area contributed by atoms with Crippen molar-refractivity contribution in [3.05, 3.63) is 52.2 Å². The molecule has 3 heterocycles. The van der Waals surface area contributed by atoms with Gasteiger partial charge in [0.05, 0.1) is 11.5 Å². The van der Waals surface area contributed by atoms with Crippen molar-refractivity contribution in [1.29, 1.82) is 0 Å². The fraction of sp³-hybridized carbons (Fsp3) is 0.478. The van der Waals surface area contributed by atoms with E-state index in [0.29, 0.717) is 18.7 Å². The van der Waals surface area contributed by atoms with Crippen molar-refractivity contribution in [2.24, 2.45) is 0 Å². The van der Waals surface area contributed by atoms with Gasteiger partial charge in [-0.2, -0.15) is 0 Å². The van der Waals surface area contributed by atoms with E-state index in [1.54, 1.807) is 21.9 Å². The number of carbonyl (C=O) groups is 2. The molecule has 2 fully saturated rings. The molecule has 33 heavy (non-hydrogen) atoms. The number of fused-ring (bicyclic) bond motifs is 1. The molecule has 2 amide bonds. The number of nitrogens with zero attached hydrogens (tertiary/aromatic N) is 3. The van der Waals surface area contributed by atoms with Crippen molar-refractivity contribution in [2.45, 2.75) is 45.1 Å². The summed E-state index contributed by atoms with van der Waals surface area (Å²) in [6.45, 7) is 3.89. The third-order valence-corrected chi connectivity index (χ3v) is 6.05. The molecule has 0 saturated carbocycles. The molecular weight excluding hydrogens is 426 g/mol. The Morgan fingerprint density at radius 3 is 2.73 bits per heavy atom. The molecule has 2 aliphatic rings. The highest BCUT2D eigenvalue weighted by Gasteiger charge is 2.30. The maximum absolute atomic E-state index is 13.2. The summed E-state index contributed by atoms with van der Waals surface area (Å²) in [6.07, 6.45) is 4.91. The van der Waals surface area contributed by atoms with Crippen LogP contribution in [0.2, 0.25) is 0 Å².